The number of aromatic hydroxyl groups is 1. The fourth-order valence-electron chi connectivity index (χ4n) is 1.03. The molecule has 0 aromatic heterocycles. The second-order valence-electron chi connectivity index (χ2n) is 2.68. The van der Waals surface area contributed by atoms with Gasteiger partial charge in [0.05, 0.1) is 0 Å². The zero-order valence-electron chi connectivity index (χ0n) is 7.41. The van der Waals surface area contributed by atoms with Gasteiger partial charge >= 0.3 is 6.36 Å². The van der Waals surface area contributed by atoms with Crippen molar-refractivity contribution in [2.45, 2.75) is 12.8 Å². The van der Waals surface area contributed by atoms with Crippen LogP contribution in [0.25, 0.3) is 0 Å². The third kappa shape index (κ3) is 3.16. The zero-order chi connectivity index (χ0) is 11.5. The van der Waals surface area contributed by atoms with E-state index in [-0.39, 0.29) is 12.0 Å². The van der Waals surface area contributed by atoms with Crippen molar-refractivity contribution >= 4 is 6.29 Å². The Balaban J connectivity index is 2.99. The minimum atomic E-state index is -4.86. The van der Waals surface area contributed by atoms with E-state index in [0.717, 1.165) is 6.07 Å². The molecule has 1 N–H and O–H groups in total. The Hall–Kier alpha value is -1.72. The van der Waals surface area contributed by atoms with Gasteiger partial charge in [0.2, 0.25) is 0 Å². The molecule has 0 radical (unpaired) electrons. The first-order valence-electron chi connectivity index (χ1n) is 3.94. The average Bonchev–Trinajstić information content (AvgIpc) is 2.10. The maximum atomic E-state index is 11.8. The van der Waals surface area contributed by atoms with Crippen molar-refractivity contribution in [1.29, 1.82) is 0 Å². The van der Waals surface area contributed by atoms with Crippen LogP contribution in [0.5, 0.6) is 11.5 Å². The van der Waals surface area contributed by atoms with Crippen LogP contribution in [0, 0.1) is 0 Å². The molecular formula is C9H7F3O3. The van der Waals surface area contributed by atoms with Crippen molar-refractivity contribution in [3.8, 4) is 11.5 Å². The molecule has 6 heteroatoms. The summed E-state index contributed by atoms with van der Waals surface area (Å²) < 4.78 is 39.1. The number of alkyl halides is 3. The molecule has 0 amide bonds. The fraction of sp³-hybridized carbons (Fsp3) is 0.222. The van der Waals surface area contributed by atoms with Gasteiger partial charge in [-0.15, -0.1) is 13.2 Å². The third-order valence-corrected chi connectivity index (χ3v) is 1.61. The molecule has 0 spiro atoms. The van der Waals surface area contributed by atoms with Crippen molar-refractivity contribution in [2.75, 3.05) is 0 Å². The van der Waals surface area contributed by atoms with E-state index in [0.29, 0.717) is 6.29 Å². The summed E-state index contributed by atoms with van der Waals surface area (Å²) in [5, 5.41) is 9.30. The van der Waals surface area contributed by atoms with Crippen molar-refractivity contribution in [2.24, 2.45) is 0 Å². The minimum Gasteiger partial charge on any atom is -0.504 e. The molecule has 0 aliphatic rings. The largest absolute Gasteiger partial charge is 0.573 e. The summed E-state index contributed by atoms with van der Waals surface area (Å²) in [5.74, 6) is -1.37. The van der Waals surface area contributed by atoms with Crippen LogP contribution < -0.4 is 4.74 Å². The first kappa shape index (κ1) is 11.4. The first-order valence-corrected chi connectivity index (χ1v) is 3.94. The summed E-state index contributed by atoms with van der Waals surface area (Å²) in [6.45, 7) is 0. The quantitative estimate of drug-likeness (QED) is 0.793. The Kier molecular flexibility index (Phi) is 3.18. The van der Waals surface area contributed by atoms with E-state index in [1.165, 1.54) is 12.1 Å². The lowest BCUT2D eigenvalue weighted by Gasteiger charge is -2.11. The number of hydrogen-bond acceptors (Lipinski definition) is 3. The number of phenols is 1. The average molecular weight is 220 g/mol. The van der Waals surface area contributed by atoms with Crippen LogP contribution in [0.2, 0.25) is 0 Å². The molecule has 0 unspecified atom stereocenters. The van der Waals surface area contributed by atoms with Gasteiger partial charge < -0.3 is 14.6 Å². The van der Waals surface area contributed by atoms with E-state index < -0.39 is 17.9 Å². The second-order valence-corrected chi connectivity index (χ2v) is 2.68. The van der Waals surface area contributed by atoms with Gasteiger partial charge in [-0.05, 0) is 6.07 Å². The predicted molar refractivity (Wildman–Crippen MR) is 44.6 cm³/mol. The number of hydrogen-bond donors (Lipinski definition) is 1. The Morgan fingerprint density at radius 3 is 2.60 bits per heavy atom. The number of carbonyl (C=O) groups is 1. The number of para-hydroxylation sites is 1. The monoisotopic (exact) mass is 220 g/mol. The van der Waals surface area contributed by atoms with Gasteiger partial charge in [-0.1, -0.05) is 12.1 Å². The van der Waals surface area contributed by atoms with Crippen molar-refractivity contribution in [3.63, 3.8) is 0 Å². The number of halogens is 3. The van der Waals surface area contributed by atoms with Crippen LogP contribution in [0.15, 0.2) is 18.2 Å². The highest BCUT2D eigenvalue weighted by atomic mass is 19.4. The smallest absolute Gasteiger partial charge is 0.504 e. The third-order valence-electron chi connectivity index (χ3n) is 1.61. The highest BCUT2D eigenvalue weighted by Crippen LogP contribution is 2.33. The Morgan fingerprint density at radius 2 is 2.07 bits per heavy atom. The van der Waals surface area contributed by atoms with E-state index in [4.69, 9.17) is 0 Å². The van der Waals surface area contributed by atoms with E-state index in [9.17, 15) is 23.1 Å². The Morgan fingerprint density at radius 1 is 1.40 bits per heavy atom. The molecule has 15 heavy (non-hydrogen) atoms. The predicted octanol–water partition coefficient (Wildman–Crippen LogP) is 2.03. The molecule has 3 nitrogen and oxygen atoms in total. The molecule has 0 saturated carbocycles. The van der Waals surface area contributed by atoms with E-state index >= 15 is 0 Å². The van der Waals surface area contributed by atoms with Gasteiger partial charge in [0, 0.05) is 12.0 Å². The summed E-state index contributed by atoms with van der Waals surface area (Å²) in [5.41, 5.74) is 0.0896. The highest BCUT2D eigenvalue weighted by molar-refractivity contribution is 5.59. The van der Waals surface area contributed by atoms with Gasteiger partial charge in [-0.3, -0.25) is 0 Å². The fourth-order valence-corrected chi connectivity index (χ4v) is 1.03. The molecule has 82 valence electrons. The number of ether oxygens (including phenoxy) is 1. The van der Waals surface area contributed by atoms with E-state index in [1.807, 2.05) is 0 Å². The zero-order valence-corrected chi connectivity index (χ0v) is 7.41. The number of carbonyl (C=O) groups excluding carboxylic acids is 1. The van der Waals surface area contributed by atoms with Crippen LogP contribution in [-0.4, -0.2) is 17.8 Å². The molecule has 0 atom stereocenters. The lowest BCUT2D eigenvalue weighted by Crippen LogP contribution is -2.17. The summed E-state index contributed by atoms with van der Waals surface area (Å²) in [7, 11) is 0. The molecule has 1 rings (SSSR count). The number of benzene rings is 1. The van der Waals surface area contributed by atoms with Gasteiger partial charge in [0.25, 0.3) is 0 Å². The first-order chi connectivity index (χ1) is 6.94. The lowest BCUT2D eigenvalue weighted by molar-refractivity contribution is -0.275. The highest BCUT2D eigenvalue weighted by Gasteiger charge is 2.32. The Labute approximate surface area is 83.1 Å². The molecular weight excluding hydrogens is 213 g/mol. The molecule has 0 aliphatic carbocycles. The maximum Gasteiger partial charge on any atom is 0.573 e. The van der Waals surface area contributed by atoms with Gasteiger partial charge in [-0.2, -0.15) is 0 Å². The number of rotatable bonds is 3. The lowest BCUT2D eigenvalue weighted by atomic mass is 10.1. The van der Waals surface area contributed by atoms with Crippen LogP contribution >= 0.6 is 0 Å². The van der Waals surface area contributed by atoms with Crippen molar-refractivity contribution < 1.29 is 27.8 Å². The topological polar surface area (TPSA) is 46.5 Å². The maximum absolute atomic E-state index is 11.8. The van der Waals surface area contributed by atoms with Gasteiger partial charge in [0.1, 0.15) is 6.29 Å². The van der Waals surface area contributed by atoms with E-state index in [2.05, 4.69) is 4.74 Å². The molecule has 1 aromatic rings. The SMILES string of the molecule is O=CCc1cccc(OC(F)(F)F)c1O. The normalized spacial score (nSPS) is 11.1. The van der Waals surface area contributed by atoms with Crippen LogP contribution in [0.3, 0.4) is 0 Å². The summed E-state index contributed by atoms with van der Waals surface area (Å²) in [6, 6.07) is 3.57. The summed E-state index contributed by atoms with van der Waals surface area (Å²) >= 11 is 0. The molecule has 1 aromatic carbocycles. The van der Waals surface area contributed by atoms with Crippen LogP contribution in [-0.2, 0) is 11.2 Å². The van der Waals surface area contributed by atoms with Crippen LogP contribution in [0.4, 0.5) is 13.2 Å². The molecule has 0 heterocycles. The molecule has 0 aliphatic heterocycles. The molecule has 0 bridgehead atoms. The standard InChI is InChI=1S/C9H7F3O3/c10-9(11,12)15-7-3-1-2-6(4-5-13)8(7)14/h1-3,5,14H,4H2. The number of phenolic OH excluding ortho intramolecular Hbond substituents is 1. The minimum absolute atomic E-state index is 0.0896. The van der Waals surface area contributed by atoms with Crippen molar-refractivity contribution in [3.05, 3.63) is 23.8 Å². The summed E-state index contributed by atoms with van der Waals surface area (Å²) in [6.07, 6.45) is -4.55. The van der Waals surface area contributed by atoms with Crippen LogP contribution in [0.1, 0.15) is 5.56 Å². The second kappa shape index (κ2) is 4.20. The summed E-state index contributed by atoms with van der Waals surface area (Å²) in [4.78, 5) is 10.1. The Bertz CT molecular complexity index is 360. The van der Waals surface area contributed by atoms with Gasteiger partial charge in [-0.25, -0.2) is 0 Å². The number of aldehydes is 1. The van der Waals surface area contributed by atoms with E-state index in [1.54, 1.807) is 0 Å². The van der Waals surface area contributed by atoms with Crippen molar-refractivity contribution in [1.82, 2.24) is 0 Å². The van der Waals surface area contributed by atoms with Gasteiger partial charge in [0.15, 0.2) is 11.5 Å². The molecule has 0 fully saturated rings. The molecule has 0 saturated heterocycles.